The predicted octanol–water partition coefficient (Wildman–Crippen LogP) is 0.368. The first-order chi connectivity index (χ1) is 6.18. The Labute approximate surface area is 77.1 Å². The van der Waals surface area contributed by atoms with Crippen molar-refractivity contribution in [2.45, 2.75) is 25.5 Å². The molecule has 2 rings (SSSR count). The van der Waals surface area contributed by atoms with Crippen LogP contribution in [0.2, 0.25) is 0 Å². The van der Waals surface area contributed by atoms with Gasteiger partial charge in [-0.3, -0.25) is 4.79 Å². The number of fused-ring (bicyclic) bond motifs is 1. The second kappa shape index (κ2) is 3.00. The Morgan fingerprint density at radius 3 is 3.15 bits per heavy atom. The quantitative estimate of drug-likeness (QED) is 0.564. The zero-order valence-corrected chi connectivity index (χ0v) is 7.53. The van der Waals surface area contributed by atoms with Gasteiger partial charge in [0, 0.05) is 5.92 Å². The van der Waals surface area contributed by atoms with Gasteiger partial charge in [-0.1, -0.05) is 23.8 Å². The Hall–Kier alpha value is -1.09. The third kappa shape index (κ3) is 1.40. The maximum Gasteiger partial charge on any atom is 0.249 e. The summed E-state index contributed by atoms with van der Waals surface area (Å²) >= 11 is 0. The van der Waals surface area contributed by atoms with E-state index in [1.165, 1.54) is 5.57 Å². The lowest BCUT2D eigenvalue weighted by molar-refractivity contribution is -0.133. The molecule has 0 aromatic carbocycles. The van der Waals surface area contributed by atoms with Gasteiger partial charge in [0.1, 0.15) is 6.10 Å². The fourth-order valence-electron chi connectivity index (χ4n) is 1.96. The molecule has 13 heavy (non-hydrogen) atoms. The van der Waals surface area contributed by atoms with E-state index in [9.17, 15) is 9.90 Å². The van der Waals surface area contributed by atoms with Crippen LogP contribution < -0.4 is 5.32 Å². The van der Waals surface area contributed by atoms with E-state index >= 15 is 0 Å². The monoisotopic (exact) mass is 179 g/mol. The molecule has 0 bridgehead atoms. The molecule has 1 fully saturated rings. The number of hydrogen-bond acceptors (Lipinski definition) is 2. The van der Waals surface area contributed by atoms with Crippen molar-refractivity contribution in [3.05, 3.63) is 23.8 Å². The SMILES string of the molecule is CC1=CC=CC2NC(=O)C(O)CC12. The molecule has 2 aliphatic rings. The van der Waals surface area contributed by atoms with E-state index in [1.54, 1.807) is 0 Å². The van der Waals surface area contributed by atoms with E-state index in [2.05, 4.69) is 5.32 Å². The lowest BCUT2D eigenvalue weighted by atomic mass is 9.81. The van der Waals surface area contributed by atoms with E-state index in [-0.39, 0.29) is 17.9 Å². The summed E-state index contributed by atoms with van der Waals surface area (Å²) in [5.74, 6) is 0.0262. The van der Waals surface area contributed by atoms with Gasteiger partial charge >= 0.3 is 0 Å². The van der Waals surface area contributed by atoms with Crippen molar-refractivity contribution in [3.63, 3.8) is 0 Å². The number of hydrogen-bond donors (Lipinski definition) is 2. The van der Waals surface area contributed by atoms with Gasteiger partial charge in [-0.2, -0.15) is 0 Å². The molecule has 0 spiro atoms. The van der Waals surface area contributed by atoms with Gasteiger partial charge in [0.2, 0.25) is 5.91 Å². The Morgan fingerprint density at radius 1 is 1.62 bits per heavy atom. The van der Waals surface area contributed by atoms with Crippen LogP contribution in [0.15, 0.2) is 23.8 Å². The summed E-state index contributed by atoms with van der Waals surface area (Å²) in [6.45, 7) is 2.03. The third-order valence-electron chi connectivity index (χ3n) is 2.78. The number of allylic oxidation sites excluding steroid dienone is 2. The minimum absolute atomic E-state index is 0.0842. The Balaban J connectivity index is 2.20. The first-order valence-electron chi connectivity index (χ1n) is 4.52. The highest BCUT2D eigenvalue weighted by atomic mass is 16.3. The maximum absolute atomic E-state index is 11.1. The molecular formula is C10H13NO2. The van der Waals surface area contributed by atoms with Crippen LogP contribution in [-0.2, 0) is 4.79 Å². The zero-order valence-electron chi connectivity index (χ0n) is 7.53. The summed E-state index contributed by atoms with van der Waals surface area (Å²) in [6.07, 6.45) is 5.67. The molecule has 0 aromatic rings. The number of carbonyl (C=O) groups excluding carboxylic acids is 1. The van der Waals surface area contributed by atoms with Crippen LogP contribution in [0.4, 0.5) is 0 Å². The van der Waals surface area contributed by atoms with Crippen LogP contribution in [0.5, 0.6) is 0 Å². The summed E-state index contributed by atoms with van der Waals surface area (Å²) < 4.78 is 0. The van der Waals surface area contributed by atoms with Gasteiger partial charge in [0.05, 0.1) is 6.04 Å². The van der Waals surface area contributed by atoms with Crippen molar-refractivity contribution in [1.29, 1.82) is 0 Å². The van der Waals surface area contributed by atoms with Gasteiger partial charge in [-0.25, -0.2) is 0 Å². The summed E-state index contributed by atoms with van der Waals surface area (Å²) in [5.41, 5.74) is 1.23. The minimum Gasteiger partial charge on any atom is -0.383 e. The molecule has 0 saturated carbocycles. The number of piperidine rings is 1. The summed E-state index contributed by atoms with van der Waals surface area (Å²) in [5, 5.41) is 12.2. The van der Waals surface area contributed by atoms with E-state index < -0.39 is 6.10 Å². The Kier molecular flexibility index (Phi) is 1.96. The van der Waals surface area contributed by atoms with Crippen molar-refractivity contribution in [1.82, 2.24) is 5.32 Å². The van der Waals surface area contributed by atoms with Crippen LogP contribution in [0, 0.1) is 5.92 Å². The van der Waals surface area contributed by atoms with Crippen LogP contribution in [0.3, 0.4) is 0 Å². The molecule has 2 N–H and O–H groups in total. The van der Waals surface area contributed by atoms with Crippen molar-refractivity contribution in [2.75, 3.05) is 0 Å². The van der Waals surface area contributed by atoms with E-state index in [0.717, 1.165) is 0 Å². The number of amides is 1. The molecule has 1 saturated heterocycles. The summed E-state index contributed by atoms with van der Waals surface area (Å²) in [7, 11) is 0. The molecule has 1 heterocycles. The maximum atomic E-state index is 11.1. The van der Waals surface area contributed by atoms with Gasteiger partial charge in [-0.15, -0.1) is 0 Å². The lowest BCUT2D eigenvalue weighted by Crippen LogP contribution is -2.51. The summed E-state index contributed by atoms with van der Waals surface area (Å²) in [6, 6.07) is 0.0842. The van der Waals surface area contributed by atoms with Crippen LogP contribution in [-0.4, -0.2) is 23.2 Å². The number of aliphatic hydroxyl groups excluding tert-OH is 1. The highest BCUT2D eigenvalue weighted by Gasteiger charge is 2.34. The Bertz CT molecular complexity index is 293. The second-order valence-electron chi connectivity index (χ2n) is 3.69. The van der Waals surface area contributed by atoms with Gasteiger partial charge < -0.3 is 10.4 Å². The average molecular weight is 179 g/mol. The van der Waals surface area contributed by atoms with Gasteiger partial charge in [0.15, 0.2) is 0 Å². The van der Waals surface area contributed by atoms with Crippen LogP contribution >= 0.6 is 0 Å². The molecule has 3 atom stereocenters. The molecular weight excluding hydrogens is 166 g/mol. The van der Waals surface area contributed by atoms with E-state index in [4.69, 9.17) is 0 Å². The fraction of sp³-hybridized carbons (Fsp3) is 0.500. The van der Waals surface area contributed by atoms with E-state index in [1.807, 2.05) is 25.2 Å². The van der Waals surface area contributed by atoms with Crippen molar-refractivity contribution in [3.8, 4) is 0 Å². The zero-order chi connectivity index (χ0) is 9.42. The highest BCUT2D eigenvalue weighted by Crippen LogP contribution is 2.28. The average Bonchev–Trinajstić information content (AvgIpc) is 2.09. The van der Waals surface area contributed by atoms with Gasteiger partial charge in [-0.05, 0) is 13.3 Å². The molecule has 1 amide bonds. The lowest BCUT2D eigenvalue weighted by Gasteiger charge is -2.35. The number of rotatable bonds is 0. The summed E-state index contributed by atoms with van der Waals surface area (Å²) in [4.78, 5) is 11.1. The third-order valence-corrected chi connectivity index (χ3v) is 2.78. The largest absolute Gasteiger partial charge is 0.383 e. The molecule has 3 nitrogen and oxygen atoms in total. The normalized spacial score (nSPS) is 37.8. The number of carbonyl (C=O) groups is 1. The van der Waals surface area contributed by atoms with E-state index in [0.29, 0.717) is 6.42 Å². The topological polar surface area (TPSA) is 49.3 Å². The number of aliphatic hydroxyl groups is 1. The Morgan fingerprint density at radius 2 is 2.38 bits per heavy atom. The van der Waals surface area contributed by atoms with Crippen LogP contribution in [0.1, 0.15) is 13.3 Å². The highest BCUT2D eigenvalue weighted by molar-refractivity contribution is 5.82. The minimum atomic E-state index is -0.837. The van der Waals surface area contributed by atoms with Crippen molar-refractivity contribution in [2.24, 2.45) is 5.92 Å². The smallest absolute Gasteiger partial charge is 0.249 e. The number of nitrogens with one attached hydrogen (secondary N) is 1. The first-order valence-corrected chi connectivity index (χ1v) is 4.52. The molecule has 1 aliphatic carbocycles. The molecule has 3 heteroatoms. The molecule has 70 valence electrons. The van der Waals surface area contributed by atoms with Crippen molar-refractivity contribution < 1.29 is 9.90 Å². The molecule has 1 aliphatic heterocycles. The standard InChI is InChI=1S/C10H13NO2/c1-6-3-2-4-8-7(6)5-9(12)10(13)11-8/h2-4,7-9,12H,5H2,1H3,(H,11,13). The molecule has 0 aromatic heterocycles. The molecule has 3 unspecified atom stereocenters. The van der Waals surface area contributed by atoms with Crippen molar-refractivity contribution >= 4 is 5.91 Å². The van der Waals surface area contributed by atoms with Crippen LogP contribution in [0.25, 0.3) is 0 Å². The van der Waals surface area contributed by atoms with Gasteiger partial charge in [0.25, 0.3) is 0 Å². The first kappa shape index (κ1) is 8.51. The molecule has 0 radical (unpaired) electrons. The second-order valence-corrected chi connectivity index (χ2v) is 3.69. The predicted molar refractivity (Wildman–Crippen MR) is 48.9 cm³/mol. The fourth-order valence-corrected chi connectivity index (χ4v) is 1.96.